The molecular formula is C19H18FN3O2. The summed E-state index contributed by atoms with van der Waals surface area (Å²) in [6.45, 7) is 2.08. The Bertz CT molecular complexity index is 859. The summed E-state index contributed by atoms with van der Waals surface area (Å²) in [6, 6.07) is 13.9. The van der Waals surface area contributed by atoms with Gasteiger partial charge in [-0.1, -0.05) is 31.2 Å². The molecule has 1 heterocycles. The molecule has 3 aromatic rings. The van der Waals surface area contributed by atoms with Crippen molar-refractivity contribution in [3.63, 3.8) is 0 Å². The third-order valence-electron chi connectivity index (χ3n) is 3.78. The van der Waals surface area contributed by atoms with Crippen LogP contribution < -0.4 is 5.32 Å². The minimum atomic E-state index is -0.425. The topological polar surface area (TPSA) is 68.0 Å². The van der Waals surface area contributed by atoms with E-state index in [4.69, 9.17) is 4.42 Å². The Balaban J connectivity index is 1.56. The molecule has 0 unspecified atom stereocenters. The quantitative estimate of drug-likeness (QED) is 0.737. The molecule has 5 nitrogen and oxygen atoms in total. The Morgan fingerprint density at radius 1 is 1.12 bits per heavy atom. The second-order valence-corrected chi connectivity index (χ2v) is 5.58. The Hall–Kier alpha value is -3.02. The maximum absolute atomic E-state index is 13.7. The van der Waals surface area contributed by atoms with E-state index >= 15 is 0 Å². The highest BCUT2D eigenvalue weighted by Gasteiger charge is 2.13. The van der Waals surface area contributed by atoms with E-state index in [1.165, 1.54) is 11.6 Å². The molecular weight excluding hydrogens is 321 g/mol. The van der Waals surface area contributed by atoms with Gasteiger partial charge in [0.25, 0.3) is 5.89 Å². The van der Waals surface area contributed by atoms with E-state index in [9.17, 15) is 9.18 Å². The average Bonchev–Trinajstić information content (AvgIpc) is 3.10. The molecule has 0 spiro atoms. The Labute approximate surface area is 144 Å². The molecule has 0 saturated carbocycles. The maximum atomic E-state index is 13.7. The van der Waals surface area contributed by atoms with Crippen LogP contribution in [0.3, 0.4) is 0 Å². The van der Waals surface area contributed by atoms with Crippen molar-refractivity contribution in [2.75, 3.05) is 5.32 Å². The van der Waals surface area contributed by atoms with Gasteiger partial charge in [-0.15, -0.1) is 10.2 Å². The fourth-order valence-corrected chi connectivity index (χ4v) is 2.37. The average molecular weight is 339 g/mol. The first-order valence-electron chi connectivity index (χ1n) is 8.12. The van der Waals surface area contributed by atoms with E-state index in [1.807, 2.05) is 24.3 Å². The van der Waals surface area contributed by atoms with Crippen LogP contribution in [0.2, 0.25) is 0 Å². The molecule has 3 rings (SSSR count). The number of aromatic nitrogens is 2. The molecule has 1 amide bonds. The standard InChI is InChI=1S/C19H18FN3O2/c1-2-13-7-9-14(10-8-13)21-17(24)11-12-18-22-23-19(25-18)15-5-3-4-6-16(15)20/h3-10H,2,11-12H2,1H3,(H,21,24). The fraction of sp³-hybridized carbons (Fsp3) is 0.211. The van der Waals surface area contributed by atoms with Gasteiger partial charge >= 0.3 is 0 Å². The number of nitrogens with zero attached hydrogens (tertiary/aromatic N) is 2. The smallest absolute Gasteiger partial charge is 0.250 e. The molecule has 0 radical (unpaired) electrons. The van der Waals surface area contributed by atoms with E-state index in [0.29, 0.717) is 12.3 Å². The highest BCUT2D eigenvalue weighted by Crippen LogP contribution is 2.21. The van der Waals surface area contributed by atoms with Gasteiger partial charge in [-0.3, -0.25) is 4.79 Å². The molecule has 0 aliphatic carbocycles. The van der Waals surface area contributed by atoms with E-state index in [-0.39, 0.29) is 23.8 Å². The van der Waals surface area contributed by atoms with Gasteiger partial charge in [0.15, 0.2) is 0 Å². The maximum Gasteiger partial charge on any atom is 0.250 e. The molecule has 0 fully saturated rings. The lowest BCUT2D eigenvalue weighted by atomic mass is 10.1. The lowest BCUT2D eigenvalue weighted by Crippen LogP contribution is -2.12. The minimum Gasteiger partial charge on any atom is -0.421 e. The Kier molecular flexibility index (Phi) is 5.18. The third-order valence-corrected chi connectivity index (χ3v) is 3.78. The second-order valence-electron chi connectivity index (χ2n) is 5.58. The number of carbonyl (C=O) groups is 1. The number of hydrogen-bond acceptors (Lipinski definition) is 4. The summed E-state index contributed by atoms with van der Waals surface area (Å²) in [6.07, 6.45) is 1.45. The molecule has 0 atom stereocenters. The lowest BCUT2D eigenvalue weighted by Gasteiger charge is -2.05. The number of nitrogens with one attached hydrogen (secondary N) is 1. The van der Waals surface area contributed by atoms with Gasteiger partial charge in [-0.25, -0.2) is 4.39 Å². The molecule has 1 aromatic heterocycles. The lowest BCUT2D eigenvalue weighted by molar-refractivity contribution is -0.116. The van der Waals surface area contributed by atoms with Gasteiger partial charge in [0.2, 0.25) is 11.8 Å². The fourth-order valence-electron chi connectivity index (χ4n) is 2.37. The van der Waals surface area contributed by atoms with Crippen molar-refractivity contribution in [1.82, 2.24) is 10.2 Å². The summed E-state index contributed by atoms with van der Waals surface area (Å²) in [5.41, 5.74) is 2.21. The van der Waals surface area contributed by atoms with Crippen LogP contribution in [0, 0.1) is 5.82 Å². The van der Waals surface area contributed by atoms with Gasteiger partial charge in [-0.05, 0) is 36.2 Å². The summed E-state index contributed by atoms with van der Waals surface area (Å²) in [5, 5.41) is 10.5. The molecule has 0 aliphatic heterocycles. The Morgan fingerprint density at radius 3 is 2.60 bits per heavy atom. The normalized spacial score (nSPS) is 10.6. The van der Waals surface area contributed by atoms with Gasteiger partial charge < -0.3 is 9.73 Å². The number of halogens is 1. The first kappa shape index (κ1) is 16.8. The van der Waals surface area contributed by atoms with Crippen molar-refractivity contribution in [1.29, 1.82) is 0 Å². The summed E-state index contributed by atoms with van der Waals surface area (Å²) < 4.78 is 19.1. The number of aryl methyl sites for hydroxylation is 2. The van der Waals surface area contributed by atoms with Crippen LogP contribution >= 0.6 is 0 Å². The predicted molar refractivity (Wildman–Crippen MR) is 92.5 cm³/mol. The number of amides is 1. The van der Waals surface area contributed by atoms with Crippen LogP contribution in [0.4, 0.5) is 10.1 Å². The summed E-state index contributed by atoms with van der Waals surface area (Å²) in [4.78, 5) is 12.0. The van der Waals surface area contributed by atoms with Crippen molar-refractivity contribution < 1.29 is 13.6 Å². The van der Waals surface area contributed by atoms with E-state index in [1.54, 1.807) is 18.2 Å². The number of carbonyl (C=O) groups excluding carboxylic acids is 1. The molecule has 128 valence electrons. The van der Waals surface area contributed by atoms with Crippen molar-refractivity contribution in [2.24, 2.45) is 0 Å². The number of rotatable bonds is 6. The second kappa shape index (κ2) is 7.70. The van der Waals surface area contributed by atoms with Crippen LogP contribution in [-0.4, -0.2) is 16.1 Å². The first-order chi connectivity index (χ1) is 12.2. The largest absolute Gasteiger partial charge is 0.421 e. The zero-order valence-electron chi connectivity index (χ0n) is 13.8. The molecule has 0 saturated heterocycles. The van der Waals surface area contributed by atoms with Crippen LogP contribution in [0.25, 0.3) is 11.5 Å². The monoisotopic (exact) mass is 339 g/mol. The van der Waals surface area contributed by atoms with Crippen LogP contribution in [0.15, 0.2) is 52.9 Å². The summed E-state index contributed by atoms with van der Waals surface area (Å²) >= 11 is 0. The van der Waals surface area contributed by atoms with Crippen molar-refractivity contribution in [2.45, 2.75) is 26.2 Å². The summed E-state index contributed by atoms with van der Waals surface area (Å²) in [5.74, 6) is -0.153. The van der Waals surface area contributed by atoms with Crippen molar-refractivity contribution >= 4 is 11.6 Å². The molecule has 0 aliphatic rings. The highest BCUT2D eigenvalue weighted by molar-refractivity contribution is 5.90. The predicted octanol–water partition coefficient (Wildman–Crippen LogP) is 4.01. The van der Waals surface area contributed by atoms with E-state index in [0.717, 1.165) is 12.1 Å². The highest BCUT2D eigenvalue weighted by atomic mass is 19.1. The van der Waals surface area contributed by atoms with Gasteiger partial charge in [0.1, 0.15) is 5.82 Å². The van der Waals surface area contributed by atoms with Crippen LogP contribution in [0.5, 0.6) is 0 Å². The number of benzene rings is 2. The number of anilines is 1. The Morgan fingerprint density at radius 2 is 1.88 bits per heavy atom. The van der Waals surface area contributed by atoms with Gasteiger partial charge in [-0.2, -0.15) is 0 Å². The SMILES string of the molecule is CCc1ccc(NC(=O)CCc2nnc(-c3ccccc3F)o2)cc1. The van der Waals surface area contributed by atoms with Crippen LogP contribution in [0.1, 0.15) is 24.8 Å². The molecule has 6 heteroatoms. The molecule has 1 N–H and O–H groups in total. The van der Waals surface area contributed by atoms with Gasteiger partial charge in [0, 0.05) is 18.5 Å². The minimum absolute atomic E-state index is 0.115. The van der Waals surface area contributed by atoms with E-state index < -0.39 is 5.82 Å². The van der Waals surface area contributed by atoms with Crippen molar-refractivity contribution in [3.8, 4) is 11.5 Å². The molecule has 25 heavy (non-hydrogen) atoms. The number of hydrogen-bond donors (Lipinski definition) is 1. The third kappa shape index (κ3) is 4.29. The summed E-state index contributed by atoms with van der Waals surface area (Å²) in [7, 11) is 0. The zero-order valence-corrected chi connectivity index (χ0v) is 13.8. The first-order valence-corrected chi connectivity index (χ1v) is 8.12. The van der Waals surface area contributed by atoms with Crippen LogP contribution in [-0.2, 0) is 17.6 Å². The van der Waals surface area contributed by atoms with Crippen molar-refractivity contribution in [3.05, 3.63) is 65.8 Å². The molecule has 0 bridgehead atoms. The molecule has 2 aromatic carbocycles. The van der Waals surface area contributed by atoms with E-state index in [2.05, 4.69) is 22.4 Å². The zero-order chi connectivity index (χ0) is 17.6. The van der Waals surface area contributed by atoms with Gasteiger partial charge in [0.05, 0.1) is 5.56 Å².